The molecule has 1 N–H and O–H groups in total. The van der Waals surface area contributed by atoms with Gasteiger partial charge < -0.3 is 10.1 Å². The highest BCUT2D eigenvalue weighted by Crippen LogP contribution is 2.35. The Kier molecular flexibility index (Phi) is 4.53. The smallest absolute Gasteiger partial charge is 0.233 e. The van der Waals surface area contributed by atoms with Crippen molar-refractivity contribution >= 4 is 0 Å². The molecule has 2 rings (SSSR count). The summed E-state index contributed by atoms with van der Waals surface area (Å²) in [7, 11) is 3.62. The number of hydrogen-bond acceptors (Lipinski definition) is 4. The van der Waals surface area contributed by atoms with Crippen LogP contribution in [0.5, 0.6) is 5.88 Å². The van der Waals surface area contributed by atoms with Crippen molar-refractivity contribution in [1.29, 1.82) is 0 Å². The largest absolute Gasteiger partial charge is 0.480 e. The van der Waals surface area contributed by atoms with Crippen molar-refractivity contribution < 1.29 is 4.74 Å². The minimum atomic E-state index is 0.316. The van der Waals surface area contributed by atoms with Gasteiger partial charge in [0.2, 0.25) is 5.88 Å². The second-order valence-corrected chi connectivity index (χ2v) is 5.29. The van der Waals surface area contributed by atoms with E-state index >= 15 is 0 Å². The lowest BCUT2D eigenvalue weighted by Gasteiger charge is -2.32. The lowest BCUT2D eigenvalue weighted by atomic mass is 9.78. The number of hydrogen-bond donors (Lipinski definition) is 1. The number of nitrogens with zero attached hydrogens (tertiary/aromatic N) is 2. The summed E-state index contributed by atoms with van der Waals surface area (Å²) in [5.74, 6) is 2.13. The van der Waals surface area contributed by atoms with Gasteiger partial charge in [0.1, 0.15) is 0 Å². The van der Waals surface area contributed by atoms with Crippen molar-refractivity contribution in [1.82, 2.24) is 15.5 Å². The molecule has 1 unspecified atom stereocenters. The van der Waals surface area contributed by atoms with Crippen LogP contribution in [0.2, 0.25) is 0 Å². The second kappa shape index (κ2) is 6.14. The number of aromatic nitrogens is 2. The summed E-state index contributed by atoms with van der Waals surface area (Å²) in [6.07, 6.45) is 5.21. The highest BCUT2D eigenvalue weighted by Gasteiger charge is 2.27. The van der Waals surface area contributed by atoms with Crippen molar-refractivity contribution in [3.05, 3.63) is 17.8 Å². The third kappa shape index (κ3) is 2.99. The first-order chi connectivity index (χ1) is 8.74. The van der Waals surface area contributed by atoms with Crippen LogP contribution in [-0.4, -0.2) is 24.4 Å². The van der Waals surface area contributed by atoms with E-state index in [1.165, 1.54) is 25.7 Å². The molecule has 0 amide bonds. The van der Waals surface area contributed by atoms with Crippen molar-refractivity contribution in [2.75, 3.05) is 14.2 Å². The summed E-state index contributed by atoms with van der Waals surface area (Å²) in [6.45, 7) is 2.35. The summed E-state index contributed by atoms with van der Waals surface area (Å²) >= 11 is 0. The first kappa shape index (κ1) is 13.3. The number of nitrogens with one attached hydrogen (secondary N) is 1. The van der Waals surface area contributed by atoms with Crippen LogP contribution < -0.4 is 10.1 Å². The highest BCUT2D eigenvalue weighted by atomic mass is 16.5. The first-order valence-electron chi connectivity index (χ1n) is 6.79. The normalized spacial score (nSPS) is 25.7. The zero-order valence-electron chi connectivity index (χ0n) is 11.5. The van der Waals surface area contributed by atoms with Gasteiger partial charge in [0.05, 0.1) is 18.8 Å². The topological polar surface area (TPSA) is 47.0 Å². The van der Waals surface area contributed by atoms with E-state index < -0.39 is 0 Å². The summed E-state index contributed by atoms with van der Waals surface area (Å²) < 4.78 is 5.05. The molecular formula is C14H23N3O. The van der Waals surface area contributed by atoms with Gasteiger partial charge in [-0.3, -0.25) is 0 Å². The Hall–Kier alpha value is -1.16. The fraction of sp³-hybridized carbons (Fsp3) is 0.714. The van der Waals surface area contributed by atoms with Crippen LogP contribution in [0.1, 0.15) is 44.3 Å². The molecule has 4 heteroatoms. The number of methoxy groups -OCH3 is 1. The van der Waals surface area contributed by atoms with Gasteiger partial charge in [-0.1, -0.05) is 19.8 Å². The Morgan fingerprint density at radius 1 is 1.22 bits per heavy atom. The molecule has 18 heavy (non-hydrogen) atoms. The fourth-order valence-corrected chi connectivity index (χ4v) is 2.85. The van der Waals surface area contributed by atoms with E-state index in [0.29, 0.717) is 17.8 Å². The van der Waals surface area contributed by atoms with Crippen molar-refractivity contribution in [2.45, 2.75) is 38.6 Å². The molecule has 1 aromatic rings. The molecule has 1 aromatic heterocycles. The summed E-state index contributed by atoms with van der Waals surface area (Å²) in [5, 5.41) is 11.7. The first-order valence-corrected chi connectivity index (χ1v) is 6.79. The molecular weight excluding hydrogens is 226 g/mol. The Morgan fingerprint density at radius 2 is 1.94 bits per heavy atom. The molecule has 100 valence electrons. The maximum atomic E-state index is 5.05. The van der Waals surface area contributed by atoms with Gasteiger partial charge in [-0.25, -0.2) is 0 Å². The standard InChI is InChI=1S/C14H23N3O/c1-10-4-6-11(7-5-10)14(15-2)12-8-9-13(18-3)17-16-12/h8-11,14-15H,4-7H2,1-3H3. The Labute approximate surface area is 109 Å². The minimum absolute atomic E-state index is 0.316. The van der Waals surface area contributed by atoms with Gasteiger partial charge in [0, 0.05) is 6.07 Å². The zero-order chi connectivity index (χ0) is 13.0. The molecule has 1 aliphatic carbocycles. The van der Waals surface area contributed by atoms with Gasteiger partial charge in [0.25, 0.3) is 0 Å². The van der Waals surface area contributed by atoms with Crippen LogP contribution in [-0.2, 0) is 0 Å². The molecule has 1 fully saturated rings. The quantitative estimate of drug-likeness (QED) is 0.891. The molecule has 0 radical (unpaired) electrons. The molecule has 0 aliphatic heterocycles. The monoisotopic (exact) mass is 249 g/mol. The predicted molar refractivity (Wildman–Crippen MR) is 71.5 cm³/mol. The van der Waals surface area contributed by atoms with E-state index in [2.05, 4.69) is 22.4 Å². The van der Waals surface area contributed by atoms with E-state index in [-0.39, 0.29) is 0 Å². The molecule has 1 atom stereocenters. The van der Waals surface area contributed by atoms with Crippen LogP contribution in [0.25, 0.3) is 0 Å². The number of ether oxygens (including phenoxy) is 1. The third-order valence-electron chi connectivity index (χ3n) is 4.03. The minimum Gasteiger partial charge on any atom is -0.480 e. The number of rotatable bonds is 4. The Bertz CT molecular complexity index is 358. The van der Waals surface area contributed by atoms with Crippen LogP contribution >= 0.6 is 0 Å². The van der Waals surface area contributed by atoms with E-state index in [4.69, 9.17) is 4.74 Å². The lowest BCUT2D eigenvalue weighted by molar-refractivity contribution is 0.234. The molecule has 0 saturated heterocycles. The van der Waals surface area contributed by atoms with Crippen LogP contribution in [0, 0.1) is 11.8 Å². The molecule has 1 saturated carbocycles. The van der Waals surface area contributed by atoms with Gasteiger partial charge >= 0.3 is 0 Å². The fourth-order valence-electron chi connectivity index (χ4n) is 2.85. The van der Waals surface area contributed by atoms with Gasteiger partial charge in [-0.2, -0.15) is 5.10 Å². The zero-order valence-corrected chi connectivity index (χ0v) is 11.5. The van der Waals surface area contributed by atoms with Crippen molar-refractivity contribution in [3.8, 4) is 5.88 Å². The molecule has 0 aromatic carbocycles. The van der Waals surface area contributed by atoms with Crippen molar-refractivity contribution in [3.63, 3.8) is 0 Å². The van der Waals surface area contributed by atoms with E-state index in [1.54, 1.807) is 7.11 Å². The van der Waals surface area contributed by atoms with Crippen LogP contribution in [0.3, 0.4) is 0 Å². The maximum Gasteiger partial charge on any atom is 0.233 e. The van der Waals surface area contributed by atoms with Crippen LogP contribution in [0.4, 0.5) is 0 Å². The maximum absolute atomic E-state index is 5.05. The summed E-state index contributed by atoms with van der Waals surface area (Å²) in [6, 6.07) is 4.22. The third-order valence-corrected chi connectivity index (χ3v) is 4.03. The van der Waals surface area contributed by atoms with Gasteiger partial charge in [-0.05, 0) is 37.8 Å². The average molecular weight is 249 g/mol. The predicted octanol–water partition coefficient (Wildman–Crippen LogP) is 2.57. The Balaban J connectivity index is 2.07. The second-order valence-electron chi connectivity index (χ2n) is 5.29. The van der Waals surface area contributed by atoms with E-state index in [9.17, 15) is 0 Å². The van der Waals surface area contributed by atoms with E-state index in [0.717, 1.165) is 11.6 Å². The highest BCUT2D eigenvalue weighted by molar-refractivity contribution is 5.15. The lowest BCUT2D eigenvalue weighted by Crippen LogP contribution is -2.29. The molecule has 1 heterocycles. The SMILES string of the molecule is CNC(c1ccc(OC)nn1)C1CCC(C)CC1. The summed E-state index contributed by atoms with van der Waals surface area (Å²) in [4.78, 5) is 0. The average Bonchev–Trinajstić information content (AvgIpc) is 2.42. The molecule has 0 bridgehead atoms. The van der Waals surface area contributed by atoms with Gasteiger partial charge in [0.15, 0.2) is 0 Å². The van der Waals surface area contributed by atoms with Crippen molar-refractivity contribution in [2.24, 2.45) is 11.8 Å². The molecule has 0 spiro atoms. The molecule has 4 nitrogen and oxygen atoms in total. The van der Waals surface area contributed by atoms with Crippen LogP contribution in [0.15, 0.2) is 12.1 Å². The van der Waals surface area contributed by atoms with E-state index in [1.807, 2.05) is 19.2 Å². The summed E-state index contributed by atoms with van der Waals surface area (Å²) in [5.41, 5.74) is 1.03. The molecule has 1 aliphatic rings. The Morgan fingerprint density at radius 3 is 2.44 bits per heavy atom. The van der Waals surface area contributed by atoms with Gasteiger partial charge in [-0.15, -0.1) is 5.10 Å².